The molecule has 1 fully saturated rings. The second-order valence-electron chi connectivity index (χ2n) is 6.11. The standard InChI is InChI=1S/C17H25BrF2N4.HI/c1-12-9-14(18)4-3-13(12)10-22-17(21-2)23-15-5-7-24(8-6-15)11-16(19)20;/h3-4,9,15-16H,5-8,10-11H2,1-2H3,(H2,21,22,23);1H. The van der Waals surface area contributed by atoms with Crippen molar-refractivity contribution >= 4 is 45.9 Å². The van der Waals surface area contributed by atoms with Crippen LogP contribution in [0.2, 0.25) is 0 Å². The molecule has 0 unspecified atom stereocenters. The Bertz CT molecular complexity index is 564. The molecule has 142 valence electrons. The minimum absolute atomic E-state index is 0. The van der Waals surface area contributed by atoms with Crippen LogP contribution in [0.4, 0.5) is 8.78 Å². The van der Waals surface area contributed by atoms with Crippen molar-refractivity contribution in [2.75, 3.05) is 26.7 Å². The number of rotatable bonds is 5. The van der Waals surface area contributed by atoms with Crippen molar-refractivity contribution in [3.05, 3.63) is 33.8 Å². The molecule has 2 N–H and O–H groups in total. The van der Waals surface area contributed by atoms with Crippen molar-refractivity contribution < 1.29 is 8.78 Å². The fourth-order valence-electron chi connectivity index (χ4n) is 2.88. The normalized spacial score (nSPS) is 16.6. The van der Waals surface area contributed by atoms with E-state index in [4.69, 9.17) is 0 Å². The minimum atomic E-state index is -2.25. The Labute approximate surface area is 174 Å². The van der Waals surface area contributed by atoms with Crippen molar-refractivity contribution in [2.24, 2.45) is 4.99 Å². The maximum absolute atomic E-state index is 12.4. The second kappa shape index (κ2) is 11.3. The zero-order valence-electron chi connectivity index (χ0n) is 14.6. The summed E-state index contributed by atoms with van der Waals surface area (Å²) in [4.78, 5) is 6.09. The van der Waals surface area contributed by atoms with Gasteiger partial charge < -0.3 is 10.6 Å². The van der Waals surface area contributed by atoms with Crippen LogP contribution in [0.1, 0.15) is 24.0 Å². The molecule has 25 heavy (non-hydrogen) atoms. The van der Waals surface area contributed by atoms with Gasteiger partial charge in [-0.2, -0.15) is 0 Å². The van der Waals surface area contributed by atoms with Gasteiger partial charge in [0, 0.05) is 37.2 Å². The van der Waals surface area contributed by atoms with E-state index in [2.05, 4.69) is 50.6 Å². The summed E-state index contributed by atoms with van der Waals surface area (Å²) in [7, 11) is 1.75. The van der Waals surface area contributed by atoms with E-state index in [-0.39, 0.29) is 36.6 Å². The zero-order valence-corrected chi connectivity index (χ0v) is 18.5. The number of alkyl halides is 2. The Kier molecular flexibility index (Phi) is 10.2. The molecule has 1 aliphatic rings. The number of aliphatic imine (C=N–C) groups is 1. The summed E-state index contributed by atoms with van der Waals surface area (Å²) in [5, 5.41) is 6.72. The molecule has 0 saturated carbocycles. The molecule has 8 heteroatoms. The molecule has 1 heterocycles. The highest BCUT2D eigenvalue weighted by Crippen LogP contribution is 2.16. The van der Waals surface area contributed by atoms with E-state index in [1.807, 2.05) is 11.0 Å². The fourth-order valence-corrected chi connectivity index (χ4v) is 3.36. The molecule has 0 amide bonds. The smallest absolute Gasteiger partial charge is 0.251 e. The van der Waals surface area contributed by atoms with Gasteiger partial charge in [-0.15, -0.1) is 24.0 Å². The Morgan fingerprint density at radius 3 is 2.60 bits per heavy atom. The Morgan fingerprint density at radius 1 is 1.36 bits per heavy atom. The lowest BCUT2D eigenvalue weighted by Crippen LogP contribution is -2.49. The van der Waals surface area contributed by atoms with E-state index in [1.54, 1.807) is 7.05 Å². The van der Waals surface area contributed by atoms with Gasteiger partial charge in [-0.1, -0.05) is 22.0 Å². The summed E-state index contributed by atoms with van der Waals surface area (Å²) < 4.78 is 25.9. The molecule has 2 rings (SSSR count). The molecule has 0 bridgehead atoms. The van der Waals surface area contributed by atoms with E-state index >= 15 is 0 Å². The van der Waals surface area contributed by atoms with Gasteiger partial charge in [0.15, 0.2) is 5.96 Å². The van der Waals surface area contributed by atoms with Crippen molar-refractivity contribution in [3.8, 4) is 0 Å². The minimum Gasteiger partial charge on any atom is -0.354 e. The lowest BCUT2D eigenvalue weighted by Gasteiger charge is -2.32. The van der Waals surface area contributed by atoms with Crippen LogP contribution < -0.4 is 10.6 Å². The maximum Gasteiger partial charge on any atom is 0.251 e. The predicted molar refractivity (Wildman–Crippen MR) is 113 cm³/mol. The van der Waals surface area contributed by atoms with Gasteiger partial charge in [-0.3, -0.25) is 9.89 Å². The predicted octanol–water partition coefficient (Wildman–Crippen LogP) is 3.77. The van der Waals surface area contributed by atoms with Crippen molar-refractivity contribution in [3.63, 3.8) is 0 Å². The summed E-state index contributed by atoms with van der Waals surface area (Å²) in [5.74, 6) is 0.754. The Morgan fingerprint density at radius 2 is 2.04 bits per heavy atom. The van der Waals surface area contributed by atoms with Crippen LogP contribution >= 0.6 is 39.9 Å². The third-order valence-corrected chi connectivity index (χ3v) is 4.79. The van der Waals surface area contributed by atoms with Crippen LogP contribution in [-0.4, -0.2) is 50.0 Å². The summed E-state index contributed by atoms with van der Waals surface area (Å²) in [5.41, 5.74) is 2.43. The lowest BCUT2D eigenvalue weighted by molar-refractivity contribution is 0.0744. The van der Waals surface area contributed by atoms with Crippen LogP contribution in [0, 0.1) is 6.92 Å². The number of likely N-dealkylation sites (tertiary alicyclic amines) is 1. The van der Waals surface area contributed by atoms with Crippen LogP contribution in [0.3, 0.4) is 0 Å². The number of piperidine rings is 1. The molecule has 0 aromatic heterocycles. The number of hydrogen-bond donors (Lipinski definition) is 2. The van der Waals surface area contributed by atoms with Gasteiger partial charge >= 0.3 is 0 Å². The molecule has 0 aliphatic carbocycles. The third kappa shape index (κ3) is 7.74. The first-order valence-electron chi connectivity index (χ1n) is 8.20. The van der Waals surface area contributed by atoms with Gasteiger partial charge in [0.05, 0.1) is 6.54 Å². The summed E-state index contributed by atoms with van der Waals surface area (Å²) >= 11 is 3.47. The van der Waals surface area contributed by atoms with Crippen molar-refractivity contribution in [1.29, 1.82) is 0 Å². The van der Waals surface area contributed by atoms with E-state index in [1.165, 1.54) is 11.1 Å². The van der Waals surface area contributed by atoms with Gasteiger partial charge in [-0.05, 0) is 43.0 Å². The van der Waals surface area contributed by atoms with Crippen LogP contribution in [0.15, 0.2) is 27.7 Å². The number of halogens is 4. The molecule has 1 aromatic rings. The van der Waals surface area contributed by atoms with Gasteiger partial charge in [0.25, 0.3) is 6.43 Å². The van der Waals surface area contributed by atoms with E-state index in [9.17, 15) is 8.78 Å². The average Bonchev–Trinajstić information content (AvgIpc) is 2.54. The first-order chi connectivity index (χ1) is 11.5. The first-order valence-corrected chi connectivity index (χ1v) is 9.00. The summed E-state index contributed by atoms with van der Waals surface area (Å²) in [6.45, 7) is 4.05. The largest absolute Gasteiger partial charge is 0.354 e. The Hall–Kier alpha value is -0.480. The highest BCUT2D eigenvalue weighted by atomic mass is 127. The number of hydrogen-bond acceptors (Lipinski definition) is 2. The number of guanidine groups is 1. The molecule has 0 atom stereocenters. The summed E-state index contributed by atoms with van der Waals surface area (Å²) in [6.07, 6.45) is -0.548. The maximum atomic E-state index is 12.4. The fraction of sp³-hybridized carbons (Fsp3) is 0.588. The molecule has 1 aromatic carbocycles. The third-order valence-electron chi connectivity index (χ3n) is 4.30. The quantitative estimate of drug-likeness (QED) is 0.346. The van der Waals surface area contributed by atoms with E-state index in [0.29, 0.717) is 19.6 Å². The second-order valence-corrected chi connectivity index (χ2v) is 7.02. The zero-order chi connectivity index (χ0) is 17.5. The molecule has 0 radical (unpaired) electrons. The first kappa shape index (κ1) is 22.6. The Balaban J connectivity index is 0.00000312. The summed E-state index contributed by atoms with van der Waals surface area (Å²) in [6, 6.07) is 6.48. The van der Waals surface area contributed by atoms with Crippen LogP contribution in [-0.2, 0) is 6.54 Å². The lowest BCUT2D eigenvalue weighted by atomic mass is 10.1. The van der Waals surface area contributed by atoms with Gasteiger partial charge in [0.2, 0.25) is 0 Å². The number of nitrogens with one attached hydrogen (secondary N) is 2. The molecule has 1 saturated heterocycles. The molecular formula is C17H26BrF2IN4. The van der Waals surface area contributed by atoms with E-state index < -0.39 is 6.43 Å². The van der Waals surface area contributed by atoms with E-state index in [0.717, 1.165) is 23.3 Å². The van der Waals surface area contributed by atoms with Gasteiger partial charge in [-0.25, -0.2) is 8.78 Å². The average molecular weight is 531 g/mol. The highest BCUT2D eigenvalue weighted by molar-refractivity contribution is 14.0. The van der Waals surface area contributed by atoms with Gasteiger partial charge in [0.1, 0.15) is 0 Å². The molecule has 4 nitrogen and oxygen atoms in total. The van der Waals surface area contributed by atoms with Crippen LogP contribution in [0.25, 0.3) is 0 Å². The SMILES string of the molecule is CN=C(NCc1ccc(Br)cc1C)NC1CCN(CC(F)F)CC1.I. The van der Waals surface area contributed by atoms with Crippen molar-refractivity contribution in [1.82, 2.24) is 15.5 Å². The number of nitrogens with zero attached hydrogens (tertiary/aromatic N) is 2. The van der Waals surface area contributed by atoms with Crippen molar-refractivity contribution in [2.45, 2.75) is 38.8 Å². The highest BCUT2D eigenvalue weighted by Gasteiger charge is 2.21. The molecular weight excluding hydrogens is 505 g/mol. The monoisotopic (exact) mass is 530 g/mol. The number of aryl methyl sites for hydroxylation is 1. The molecule has 0 spiro atoms. The topological polar surface area (TPSA) is 39.7 Å². The van der Waals surface area contributed by atoms with Crippen LogP contribution in [0.5, 0.6) is 0 Å². The number of benzene rings is 1. The molecule has 1 aliphatic heterocycles.